The summed E-state index contributed by atoms with van der Waals surface area (Å²) < 4.78 is 7.86. The molecule has 7 heteroatoms. The zero-order chi connectivity index (χ0) is 22.1. The standard InChI is InChI=1S/C24H27N3O3S/c1-16-11-26(14-25(2)15-31)13-22-23(16)20-10-19(30-3)8-9-21(20)27(22)12-17-4-6-18(7-5-17)24(28)29/h4-10,15-16H,11-14H2,1-3H3,(H,28,29). The Balaban J connectivity index is 1.79. The number of aromatic carboxylic acids is 1. The number of rotatable bonds is 7. The molecule has 31 heavy (non-hydrogen) atoms. The molecule has 0 fully saturated rings. The van der Waals surface area contributed by atoms with Gasteiger partial charge >= 0.3 is 5.97 Å². The van der Waals surface area contributed by atoms with Crippen LogP contribution in [-0.4, -0.2) is 58.3 Å². The third-order valence-electron chi connectivity index (χ3n) is 5.96. The number of carboxylic acids is 1. The number of carbonyl (C=O) groups is 1. The van der Waals surface area contributed by atoms with E-state index in [1.807, 2.05) is 30.1 Å². The largest absolute Gasteiger partial charge is 0.497 e. The number of ether oxygens (including phenoxy) is 1. The van der Waals surface area contributed by atoms with Crippen molar-refractivity contribution in [3.63, 3.8) is 0 Å². The monoisotopic (exact) mass is 437 g/mol. The van der Waals surface area contributed by atoms with Crippen LogP contribution in [0, 0.1) is 0 Å². The third-order valence-corrected chi connectivity index (χ3v) is 6.32. The van der Waals surface area contributed by atoms with Crippen LogP contribution in [0.15, 0.2) is 42.5 Å². The van der Waals surface area contributed by atoms with E-state index in [1.54, 1.807) is 24.7 Å². The second-order valence-electron chi connectivity index (χ2n) is 8.25. The minimum Gasteiger partial charge on any atom is -0.497 e. The van der Waals surface area contributed by atoms with Gasteiger partial charge in [0.1, 0.15) is 5.75 Å². The van der Waals surface area contributed by atoms with E-state index < -0.39 is 5.97 Å². The molecule has 3 aromatic rings. The van der Waals surface area contributed by atoms with Crippen molar-refractivity contribution in [3.8, 4) is 5.75 Å². The lowest BCUT2D eigenvalue weighted by Crippen LogP contribution is -2.40. The fraction of sp³-hybridized carbons (Fsp3) is 0.333. The van der Waals surface area contributed by atoms with Gasteiger partial charge in [0.15, 0.2) is 0 Å². The Bertz CT molecular complexity index is 1120. The van der Waals surface area contributed by atoms with Crippen molar-refractivity contribution >= 4 is 34.6 Å². The van der Waals surface area contributed by atoms with Gasteiger partial charge < -0.3 is 19.3 Å². The van der Waals surface area contributed by atoms with Gasteiger partial charge in [-0.05, 0) is 47.4 Å². The lowest BCUT2D eigenvalue weighted by molar-refractivity contribution is 0.0697. The molecule has 1 unspecified atom stereocenters. The van der Waals surface area contributed by atoms with E-state index in [0.717, 1.165) is 31.1 Å². The van der Waals surface area contributed by atoms with Crippen molar-refractivity contribution in [1.82, 2.24) is 14.4 Å². The molecule has 2 aromatic carbocycles. The van der Waals surface area contributed by atoms with Gasteiger partial charge in [-0.25, -0.2) is 4.79 Å². The van der Waals surface area contributed by atoms with Gasteiger partial charge in [0.25, 0.3) is 0 Å². The zero-order valence-corrected chi connectivity index (χ0v) is 18.9. The minimum atomic E-state index is -0.908. The zero-order valence-electron chi connectivity index (χ0n) is 18.0. The van der Waals surface area contributed by atoms with E-state index in [2.05, 4.69) is 28.5 Å². The highest BCUT2D eigenvalue weighted by atomic mass is 32.1. The number of methoxy groups -OCH3 is 1. The van der Waals surface area contributed by atoms with Crippen LogP contribution in [0.25, 0.3) is 10.9 Å². The van der Waals surface area contributed by atoms with E-state index in [-0.39, 0.29) is 0 Å². The van der Waals surface area contributed by atoms with Crippen molar-refractivity contribution in [3.05, 3.63) is 64.8 Å². The second kappa shape index (κ2) is 8.69. The van der Waals surface area contributed by atoms with Crippen LogP contribution in [0.5, 0.6) is 5.75 Å². The lowest BCUT2D eigenvalue weighted by Gasteiger charge is -2.34. The Morgan fingerprint density at radius 2 is 2.03 bits per heavy atom. The fourth-order valence-electron chi connectivity index (χ4n) is 4.59. The van der Waals surface area contributed by atoms with E-state index >= 15 is 0 Å². The SMILES string of the molecule is COc1ccc2c(c1)c1c(n2Cc2ccc(C(=O)O)cc2)CN(CN(C)C=S)CC1C. The first-order valence-corrected chi connectivity index (χ1v) is 10.8. The summed E-state index contributed by atoms with van der Waals surface area (Å²) in [5, 5.41) is 10.4. The number of nitrogens with zero attached hydrogens (tertiary/aromatic N) is 3. The highest BCUT2D eigenvalue weighted by Gasteiger charge is 2.29. The topological polar surface area (TPSA) is 57.9 Å². The highest BCUT2D eigenvalue weighted by Crippen LogP contribution is 2.38. The summed E-state index contributed by atoms with van der Waals surface area (Å²) in [6.45, 7) is 5.53. The smallest absolute Gasteiger partial charge is 0.335 e. The summed E-state index contributed by atoms with van der Waals surface area (Å²) in [6, 6.07) is 13.4. The fourth-order valence-corrected chi connectivity index (χ4v) is 4.65. The molecule has 0 bridgehead atoms. The molecule has 2 heterocycles. The second-order valence-corrected chi connectivity index (χ2v) is 8.46. The van der Waals surface area contributed by atoms with Crippen molar-refractivity contribution in [2.45, 2.75) is 25.9 Å². The maximum atomic E-state index is 11.2. The van der Waals surface area contributed by atoms with Gasteiger partial charge in [-0.2, -0.15) is 0 Å². The van der Waals surface area contributed by atoms with Crippen LogP contribution in [0.4, 0.5) is 0 Å². The summed E-state index contributed by atoms with van der Waals surface area (Å²) in [4.78, 5) is 15.6. The number of fused-ring (bicyclic) bond motifs is 3. The van der Waals surface area contributed by atoms with Gasteiger partial charge in [-0.1, -0.05) is 31.3 Å². The number of hydrogen-bond donors (Lipinski definition) is 1. The maximum absolute atomic E-state index is 11.2. The summed E-state index contributed by atoms with van der Waals surface area (Å²) in [7, 11) is 3.69. The number of aromatic nitrogens is 1. The quantitative estimate of drug-likeness (QED) is 0.560. The van der Waals surface area contributed by atoms with Crippen LogP contribution < -0.4 is 4.74 Å². The van der Waals surface area contributed by atoms with Gasteiger partial charge in [-0.3, -0.25) is 4.90 Å². The minimum absolute atomic E-state index is 0.302. The summed E-state index contributed by atoms with van der Waals surface area (Å²) in [5.74, 6) is 0.315. The van der Waals surface area contributed by atoms with Crippen LogP contribution in [0.1, 0.15) is 40.0 Å². The molecule has 162 valence electrons. The molecular formula is C24H27N3O3S. The number of hydrogen-bond acceptors (Lipinski definition) is 4. The Kier molecular flexibility index (Phi) is 5.98. The Labute approximate surface area is 187 Å². The van der Waals surface area contributed by atoms with Gasteiger partial charge in [0.05, 0.1) is 24.8 Å². The summed E-state index contributed by atoms with van der Waals surface area (Å²) >= 11 is 5.09. The first-order chi connectivity index (χ1) is 14.9. The van der Waals surface area contributed by atoms with E-state index in [9.17, 15) is 9.90 Å². The summed E-state index contributed by atoms with van der Waals surface area (Å²) in [5.41, 5.74) is 6.89. The van der Waals surface area contributed by atoms with Gasteiger partial charge in [0, 0.05) is 43.3 Å². The third kappa shape index (κ3) is 4.16. The van der Waals surface area contributed by atoms with Crippen molar-refractivity contribution < 1.29 is 14.6 Å². The van der Waals surface area contributed by atoms with Crippen molar-refractivity contribution in [2.75, 3.05) is 27.4 Å². The molecular weight excluding hydrogens is 410 g/mol. The average molecular weight is 438 g/mol. The van der Waals surface area contributed by atoms with Gasteiger partial charge in [0.2, 0.25) is 0 Å². The number of thiocarbonyl (C=S) groups is 1. The molecule has 0 amide bonds. The Morgan fingerprint density at radius 1 is 1.29 bits per heavy atom. The van der Waals surface area contributed by atoms with Crippen LogP contribution >= 0.6 is 12.2 Å². The summed E-state index contributed by atoms with van der Waals surface area (Å²) in [6.07, 6.45) is 0. The van der Waals surface area contributed by atoms with Crippen LogP contribution in [0.2, 0.25) is 0 Å². The molecule has 1 aromatic heterocycles. The van der Waals surface area contributed by atoms with E-state index in [4.69, 9.17) is 17.0 Å². The molecule has 1 atom stereocenters. The molecule has 1 aliphatic heterocycles. The molecule has 6 nitrogen and oxygen atoms in total. The molecule has 0 radical (unpaired) electrons. The van der Waals surface area contributed by atoms with Gasteiger partial charge in [-0.15, -0.1) is 0 Å². The first kappa shape index (κ1) is 21.3. The molecule has 0 saturated carbocycles. The van der Waals surface area contributed by atoms with E-state index in [0.29, 0.717) is 18.0 Å². The van der Waals surface area contributed by atoms with E-state index in [1.165, 1.54) is 22.2 Å². The first-order valence-electron chi connectivity index (χ1n) is 10.3. The molecule has 1 N–H and O–H groups in total. The highest BCUT2D eigenvalue weighted by molar-refractivity contribution is 7.78. The molecule has 0 spiro atoms. The van der Waals surface area contributed by atoms with Crippen LogP contribution in [0.3, 0.4) is 0 Å². The number of carboxylic acid groups (broad SMARTS) is 1. The van der Waals surface area contributed by atoms with Crippen molar-refractivity contribution in [1.29, 1.82) is 0 Å². The molecule has 4 rings (SSSR count). The maximum Gasteiger partial charge on any atom is 0.335 e. The normalized spacial score (nSPS) is 16.2. The van der Waals surface area contributed by atoms with Crippen molar-refractivity contribution in [2.24, 2.45) is 0 Å². The van der Waals surface area contributed by atoms with Crippen LogP contribution in [-0.2, 0) is 13.1 Å². The lowest BCUT2D eigenvalue weighted by atomic mass is 9.93. The average Bonchev–Trinajstić information content (AvgIpc) is 3.07. The Hall–Kier alpha value is -2.90. The number of benzene rings is 2. The molecule has 0 saturated heterocycles. The Morgan fingerprint density at radius 3 is 2.68 bits per heavy atom. The molecule has 0 aliphatic carbocycles. The predicted octanol–water partition coefficient (Wildman–Crippen LogP) is 4.16. The molecule has 1 aliphatic rings. The predicted molar refractivity (Wildman–Crippen MR) is 126 cm³/mol.